The number of carbonyl (C=O) groups excluding carboxylic acids is 1. The van der Waals surface area contributed by atoms with E-state index in [1.807, 2.05) is 12.1 Å². The van der Waals surface area contributed by atoms with Crippen LogP contribution in [-0.4, -0.2) is 18.0 Å². The number of fused-ring (bicyclic) bond motifs is 4. The predicted molar refractivity (Wildman–Crippen MR) is 88.4 cm³/mol. The van der Waals surface area contributed by atoms with Gasteiger partial charge in [-0.3, -0.25) is 4.79 Å². The molecule has 0 unspecified atom stereocenters. The first-order valence-corrected chi connectivity index (χ1v) is 7.98. The van der Waals surface area contributed by atoms with Crippen molar-refractivity contribution in [2.45, 2.75) is 31.6 Å². The number of ether oxygens (including phenoxy) is 1. The van der Waals surface area contributed by atoms with Crippen molar-refractivity contribution in [2.24, 2.45) is 5.92 Å². The first kappa shape index (κ1) is 14.3. The summed E-state index contributed by atoms with van der Waals surface area (Å²) in [6.45, 7) is 4.41. The highest BCUT2D eigenvalue weighted by molar-refractivity contribution is 6.05. The normalized spacial score (nSPS) is 23.9. The Bertz CT molecular complexity index is 820. The lowest BCUT2D eigenvalue weighted by Gasteiger charge is -2.35. The zero-order valence-electron chi connectivity index (χ0n) is 13.6. The Kier molecular flexibility index (Phi) is 2.87. The van der Waals surface area contributed by atoms with E-state index in [0.29, 0.717) is 17.7 Å². The Morgan fingerprint density at radius 3 is 2.70 bits per heavy atom. The number of Topliss-reactive ketones (excluding diaryl/α,β-unsaturated/α-hetero) is 1. The average molecular weight is 308 g/mol. The summed E-state index contributed by atoms with van der Waals surface area (Å²) in [5, 5.41) is 10.4. The Morgan fingerprint density at radius 2 is 1.96 bits per heavy atom. The topological polar surface area (TPSA) is 46.5 Å². The van der Waals surface area contributed by atoms with E-state index in [1.165, 1.54) is 5.56 Å². The highest BCUT2D eigenvalue weighted by Gasteiger charge is 2.52. The number of ketones is 1. The Hall–Kier alpha value is -2.29. The minimum absolute atomic E-state index is 0.0824. The minimum Gasteiger partial charge on any atom is -0.508 e. The largest absolute Gasteiger partial charge is 0.508 e. The number of carbonyl (C=O) groups is 1. The van der Waals surface area contributed by atoms with Gasteiger partial charge in [-0.15, -0.1) is 0 Å². The molecule has 118 valence electrons. The van der Waals surface area contributed by atoms with Gasteiger partial charge < -0.3 is 9.84 Å². The Labute approximate surface area is 135 Å². The molecule has 0 spiro atoms. The van der Waals surface area contributed by atoms with Crippen LogP contribution in [0.4, 0.5) is 0 Å². The molecule has 0 saturated carbocycles. The van der Waals surface area contributed by atoms with Crippen molar-refractivity contribution >= 4 is 5.78 Å². The third-order valence-electron chi connectivity index (χ3n) is 5.73. The first-order chi connectivity index (χ1) is 10.9. The van der Waals surface area contributed by atoms with Crippen LogP contribution in [0.15, 0.2) is 36.4 Å². The van der Waals surface area contributed by atoms with Crippen LogP contribution >= 0.6 is 0 Å². The average Bonchev–Trinajstić information content (AvgIpc) is 2.77. The molecule has 2 aromatic carbocycles. The lowest BCUT2D eigenvalue weighted by molar-refractivity contribution is 0.0896. The first-order valence-electron chi connectivity index (χ1n) is 7.98. The monoisotopic (exact) mass is 308 g/mol. The van der Waals surface area contributed by atoms with E-state index < -0.39 is 0 Å². The van der Waals surface area contributed by atoms with Gasteiger partial charge in [0.2, 0.25) is 0 Å². The van der Waals surface area contributed by atoms with Crippen LogP contribution in [0.2, 0.25) is 0 Å². The predicted octanol–water partition coefficient (Wildman–Crippen LogP) is 3.83. The van der Waals surface area contributed by atoms with Crippen LogP contribution in [0.5, 0.6) is 11.5 Å². The minimum atomic E-state index is -0.125. The fraction of sp³-hybridized carbons (Fsp3) is 0.350. The molecule has 2 aliphatic rings. The van der Waals surface area contributed by atoms with Crippen molar-refractivity contribution in [3.05, 3.63) is 58.7 Å². The molecule has 2 aliphatic carbocycles. The molecule has 2 aromatic rings. The molecule has 0 bridgehead atoms. The second kappa shape index (κ2) is 4.60. The van der Waals surface area contributed by atoms with Gasteiger partial charge in [0.1, 0.15) is 11.5 Å². The summed E-state index contributed by atoms with van der Waals surface area (Å²) in [5.74, 6) is 0.847. The van der Waals surface area contributed by atoms with E-state index in [-0.39, 0.29) is 28.8 Å². The molecule has 0 aromatic heterocycles. The van der Waals surface area contributed by atoms with Crippen LogP contribution in [-0.2, 0) is 11.8 Å². The molecule has 3 nitrogen and oxygen atoms in total. The summed E-state index contributed by atoms with van der Waals surface area (Å²) < 4.78 is 5.22. The molecule has 3 heteroatoms. The van der Waals surface area contributed by atoms with Gasteiger partial charge in [0.25, 0.3) is 0 Å². The van der Waals surface area contributed by atoms with Gasteiger partial charge >= 0.3 is 0 Å². The van der Waals surface area contributed by atoms with Crippen molar-refractivity contribution in [3.63, 3.8) is 0 Å². The number of phenols is 1. The second-order valence-corrected chi connectivity index (χ2v) is 7.13. The smallest absolute Gasteiger partial charge is 0.171 e. The number of hydrogen-bond acceptors (Lipinski definition) is 3. The van der Waals surface area contributed by atoms with Crippen LogP contribution in [0.25, 0.3) is 0 Å². The van der Waals surface area contributed by atoms with E-state index in [9.17, 15) is 9.90 Å². The standard InChI is InChI=1S/C20H20O3/c1-20(2)15-7-5-4-6-12(15)18-16(20)10-13-14(19(18)22)8-11(23-3)9-17(13)21/h4-9,16,18,21H,10H2,1-3H3/t16-,18+/m1/s1. The summed E-state index contributed by atoms with van der Waals surface area (Å²) in [6.07, 6.45) is 0.712. The van der Waals surface area contributed by atoms with E-state index in [0.717, 1.165) is 11.1 Å². The maximum atomic E-state index is 13.2. The molecule has 0 amide bonds. The fourth-order valence-electron chi connectivity index (χ4n) is 4.46. The second-order valence-electron chi connectivity index (χ2n) is 7.13. The van der Waals surface area contributed by atoms with Gasteiger partial charge in [0, 0.05) is 17.2 Å². The molecule has 0 radical (unpaired) electrons. The molecule has 2 atom stereocenters. The molecule has 23 heavy (non-hydrogen) atoms. The Morgan fingerprint density at radius 1 is 1.22 bits per heavy atom. The number of hydrogen-bond donors (Lipinski definition) is 1. The van der Waals surface area contributed by atoms with Crippen molar-refractivity contribution in [3.8, 4) is 11.5 Å². The lowest BCUT2D eigenvalue weighted by Crippen LogP contribution is -2.35. The van der Waals surface area contributed by atoms with Gasteiger partial charge in [0.15, 0.2) is 5.78 Å². The van der Waals surface area contributed by atoms with E-state index in [4.69, 9.17) is 4.74 Å². The Balaban J connectivity index is 1.93. The summed E-state index contributed by atoms with van der Waals surface area (Å²) >= 11 is 0. The zero-order chi connectivity index (χ0) is 16.4. The zero-order valence-corrected chi connectivity index (χ0v) is 13.6. The van der Waals surface area contributed by atoms with Crippen molar-refractivity contribution in [1.29, 1.82) is 0 Å². The number of methoxy groups -OCH3 is 1. The highest BCUT2D eigenvalue weighted by Crippen LogP contribution is 2.56. The van der Waals surface area contributed by atoms with Crippen LogP contribution in [0, 0.1) is 5.92 Å². The maximum Gasteiger partial charge on any atom is 0.171 e. The number of rotatable bonds is 1. The maximum absolute atomic E-state index is 13.2. The summed E-state index contributed by atoms with van der Waals surface area (Å²) in [7, 11) is 1.55. The third kappa shape index (κ3) is 1.79. The summed E-state index contributed by atoms with van der Waals surface area (Å²) in [6, 6.07) is 11.6. The molecule has 0 heterocycles. The molecule has 4 rings (SSSR count). The van der Waals surface area contributed by atoms with Crippen molar-refractivity contribution in [1.82, 2.24) is 0 Å². The van der Waals surface area contributed by atoms with E-state index >= 15 is 0 Å². The molecular formula is C20H20O3. The van der Waals surface area contributed by atoms with Crippen LogP contribution in [0.3, 0.4) is 0 Å². The number of aromatic hydroxyl groups is 1. The molecule has 1 N–H and O–H groups in total. The fourth-order valence-corrected chi connectivity index (χ4v) is 4.46. The van der Waals surface area contributed by atoms with Gasteiger partial charge in [0.05, 0.1) is 13.0 Å². The lowest BCUT2D eigenvalue weighted by atomic mass is 9.67. The summed E-state index contributed by atoms with van der Waals surface area (Å²) in [5.41, 5.74) is 3.68. The SMILES string of the molecule is COc1cc(O)c2c(c1)C(=O)[C@H]1c3ccccc3C(C)(C)[C@@H]1C2. The van der Waals surface area contributed by atoms with Crippen LogP contribution < -0.4 is 4.74 Å². The molecule has 0 fully saturated rings. The van der Waals surface area contributed by atoms with Crippen molar-refractivity contribution in [2.75, 3.05) is 7.11 Å². The molecular weight excluding hydrogens is 288 g/mol. The van der Waals surface area contributed by atoms with Crippen molar-refractivity contribution < 1.29 is 14.6 Å². The highest BCUT2D eigenvalue weighted by atomic mass is 16.5. The van der Waals surface area contributed by atoms with E-state index in [1.54, 1.807) is 19.2 Å². The molecule has 0 aliphatic heterocycles. The van der Waals surface area contributed by atoms with Gasteiger partial charge in [-0.25, -0.2) is 0 Å². The van der Waals surface area contributed by atoms with Gasteiger partial charge in [-0.1, -0.05) is 38.1 Å². The van der Waals surface area contributed by atoms with Gasteiger partial charge in [-0.2, -0.15) is 0 Å². The number of benzene rings is 2. The number of phenolic OH excluding ortho intramolecular Hbond substituents is 1. The van der Waals surface area contributed by atoms with Crippen LogP contribution in [0.1, 0.15) is 46.8 Å². The summed E-state index contributed by atoms with van der Waals surface area (Å²) in [4.78, 5) is 13.2. The quantitative estimate of drug-likeness (QED) is 0.871. The van der Waals surface area contributed by atoms with Gasteiger partial charge in [-0.05, 0) is 34.9 Å². The third-order valence-corrected chi connectivity index (χ3v) is 5.73. The molecule has 0 saturated heterocycles. The van der Waals surface area contributed by atoms with E-state index in [2.05, 4.69) is 26.0 Å².